The topological polar surface area (TPSA) is 67.4 Å². The maximum Gasteiger partial charge on any atom is 0.251 e. The zero-order valence-corrected chi connectivity index (χ0v) is 10.9. The van der Waals surface area contributed by atoms with Gasteiger partial charge in [-0.1, -0.05) is 12.1 Å². The fourth-order valence-electron chi connectivity index (χ4n) is 1.44. The third-order valence-corrected chi connectivity index (χ3v) is 2.39. The number of methoxy groups -OCH3 is 1. The third kappa shape index (κ3) is 4.93. The van der Waals surface area contributed by atoms with E-state index >= 15 is 0 Å². The van der Waals surface area contributed by atoms with Crippen LogP contribution in [0.3, 0.4) is 0 Å². The molecule has 1 rings (SSSR count). The molecule has 0 saturated carbocycles. The normalized spacial score (nSPS) is 9.74. The summed E-state index contributed by atoms with van der Waals surface area (Å²) in [5.74, 6) is -0.457. The van der Waals surface area contributed by atoms with Crippen molar-refractivity contribution >= 4 is 11.8 Å². The van der Waals surface area contributed by atoms with Crippen molar-refractivity contribution in [1.29, 1.82) is 0 Å². The first kappa shape index (κ1) is 14.9. The maximum absolute atomic E-state index is 11.8. The van der Waals surface area contributed by atoms with Gasteiger partial charge in [-0.15, -0.1) is 6.58 Å². The molecule has 2 amide bonds. The molecule has 0 heterocycles. The Morgan fingerprint density at radius 3 is 2.47 bits per heavy atom. The van der Waals surface area contributed by atoms with Gasteiger partial charge in [0.05, 0.1) is 6.61 Å². The Labute approximate surface area is 112 Å². The highest BCUT2D eigenvalue weighted by Crippen LogP contribution is 2.05. The van der Waals surface area contributed by atoms with Crippen LogP contribution in [-0.4, -0.2) is 38.6 Å². The SMILES string of the molecule is C=CCNC(=O)c1cccc(C(=O)NCCOC)c1. The minimum absolute atomic E-state index is 0.226. The number of amides is 2. The third-order valence-electron chi connectivity index (χ3n) is 2.39. The highest BCUT2D eigenvalue weighted by Gasteiger charge is 2.09. The van der Waals surface area contributed by atoms with E-state index in [0.717, 1.165) is 0 Å². The lowest BCUT2D eigenvalue weighted by molar-refractivity contribution is 0.0937. The van der Waals surface area contributed by atoms with Crippen LogP contribution in [0.25, 0.3) is 0 Å². The van der Waals surface area contributed by atoms with Gasteiger partial charge in [0.15, 0.2) is 0 Å². The lowest BCUT2D eigenvalue weighted by atomic mass is 10.1. The van der Waals surface area contributed by atoms with Gasteiger partial charge in [-0.25, -0.2) is 0 Å². The molecular formula is C14H18N2O3. The molecule has 0 saturated heterocycles. The summed E-state index contributed by atoms with van der Waals surface area (Å²) in [5, 5.41) is 5.36. The smallest absolute Gasteiger partial charge is 0.251 e. The molecule has 0 fully saturated rings. The maximum atomic E-state index is 11.8. The number of nitrogens with one attached hydrogen (secondary N) is 2. The summed E-state index contributed by atoms with van der Waals surface area (Å²) in [6.45, 7) is 4.80. The number of rotatable bonds is 7. The molecule has 0 bridgehead atoms. The molecule has 5 heteroatoms. The summed E-state index contributed by atoms with van der Waals surface area (Å²) in [6.07, 6.45) is 1.60. The van der Waals surface area contributed by atoms with E-state index in [1.54, 1.807) is 37.5 Å². The predicted octanol–water partition coefficient (Wildman–Crippen LogP) is 0.979. The van der Waals surface area contributed by atoms with Crippen LogP contribution in [-0.2, 0) is 4.74 Å². The predicted molar refractivity (Wildman–Crippen MR) is 73.2 cm³/mol. The number of hydrogen-bond acceptors (Lipinski definition) is 3. The number of ether oxygens (including phenoxy) is 1. The molecule has 1 aromatic carbocycles. The molecule has 0 aromatic heterocycles. The monoisotopic (exact) mass is 262 g/mol. The Morgan fingerprint density at radius 2 is 1.89 bits per heavy atom. The summed E-state index contributed by atoms with van der Waals surface area (Å²) in [5.41, 5.74) is 0.892. The van der Waals surface area contributed by atoms with Gasteiger partial charge in [-0.2, -0.15) is 0 Å². The quantitative estimate of drug-likeness (QED) is 0.568. The molecule has 2 N–H and O–H groups in total. The van der Waals surface area contributed by atoms with Crippen molar-refractivity contribution in [2.45, 2.75) is 0 Å². The fraction of sp³-hybridized carbons (Fsp3) is 0.286. The first-order valence-electron chi connectivity index (χ1n) is 5.95. The van der Waals surface area contributed by atoms with Gasteiger partial charge in [-0.3, -0.25) is 9.59 Å². The van der Waals surface area contributed by atoms with Crippen molar-refractivity contribution in [3.05, 3.63) is 48.0 Å². The van der Waals surface area contributed by atoms with Crippen molar-refractivity contribution in [2.75, 3.05) is 26.8 Å². The molecule has 19 heavy (non-hydrogen) atoms. The van der Waals surface area contributed by atoms with E-state index in [9.17, 15) is 9.59 Å². The van der Waals surface area contributed by atoms with E-state index in [4.69, 9.17) is 4.74 Å². The Balaban J connectivity index is 2.68. The van der Waals surface area contributed by atoms with Crippen LogP contribution in [0.5, 0.6) is 0 Å². The van der Waals surface area contributed by atoms with E-state index in [1.165, 1.54) is 0 Å². The van der Waals surface area contributed by atoms with Gasteiger partial charge in [0.1, 0.15) is 0 Å². The second-order valence-electron chi connectivity index (χ2n) is 3.83. The van der Waals surface area contributed by atoms with E-state index in [1.807, 2.05) is 0 Å². The van der Waals surface area contributed by atoms with Crippen molar-refractivity contribution in [3.63, 3.8) is 0 Å². The summed E-state index contributed by atoms with van der Waals surface area (Å²) >= 11 is 0. The van der Waals surface area contributed by atoms with Gasteiger partial charge in [0.25, 0.3) is 11.8 Å². The minimum atomic E-state index is -0.230. The lowest BCUT2D eigenvalue weighted by Gasteiger charge is -2.06. The van der Waals surface area contributed by atoms with Crippen molar-refractivity contribution in [2.24, 2.45) is 0 Å². The number of carbonyl (C=O) groups is 2. The average molecular weight is 262 g/mol. The number of hydrogen-bond donors (Lipinski definition) is 2. The molecule has 0 radical (unpaired) electrons. The van der Waals surface area contributed by atoms with Crippen LogP contribution in [0.15, 0.2) is 36.9 Å². The van der Waals surface area contributed by atoms with Crippen molar-refractivity contribution in [3.8, 4) is 0 Å². The standard InChI is InChI=1S/C14H18N2O3/c1-3-7-15-13(17)11-5-4-6-12(10-11)14(18)16-8-9-19-2/h3-6,10H,1,7-9H2,2H3,(H,15,17)(H,16,18). The van der Waals surface area contributed by atoms with Crippen LogP contribution in [0, 0.1) is 0 Å². The molecule has 0 atom stereocenters. The zero-order valence-electron chi connectivity index (χ0n) is 10.9. The van der Waals surface area contributed by atoms with Crippen molar-refractivity contribution < 1.29 is 14.3 Å². The number of carbonyl (C=O) groups excluding carboxylic acids is 2. The van der Waals surface area contributed by atoms with Gasteiger partial charge in [0.2, 0.25) is 0 Å². The highest BCUT2D eigenvalue weighted by molar-refractivity contribution is 5.99. The van der Waals surface area contributed by atoms with Crippen LogP contribution in [0.1, 0.15) is 20.7 Å². The first-order chi connectivity index (χ1) is 9.19. The van der Waals surface area contributed by atoms with Crippen LogP contribution < -0.4 is 10.6 Å². The Hall–Kier alpha value is -2.14. The summed E-state index contributed by atoms with van der Waals surface area (Å²) in [4.78, 5) is 23.5. The Morgan fingerprint density at radius 1 is 1.26 bits per heavy atom. The van der Waals surface area contributed by atoms with Crippen LogP contribution in [0.2, 0.25) is 0 Å². The van der Waals surface area contributed by atoms with E-state index < -0.39 is 0 Å². The highest BCUT2D eigenvalue weighted by atomic mass is 16.5. The second kappa shape index (κ2) is 8.05. The van der Waals surface area contributed by atoms with Gasteiger partial charge >= 0.3 is 0 Å². The lowest BCUT2D eigenvalue weighted by Crippen LogP contribution is -2.28. The van der Waals surface area contributed by atoms with E-state index in [-0.39, 0.29) is 11.8 Å². The second-order valence-corrected chi connectivity index (χ2v) is 3.83. The molecule has 0 aliphatic heterocycles. The van der Waals surface area contributed by atoms with Gasteiger partial charge in [-0.05, 0) is 18.2 Å². The molecule has 0 spiro atoms. The van der Waals surface area contributed by atoms with E-state index in [0.29, 0.717) is 30.8 Å². The largest absolute Gasteiger partial charge is 0.383 e. The molecule has 1 aromatic rings. The molecule has 5 nitrogen and oxygen atoms in total. The molecule has 0 aliphatic rings. The fourth-order valence-corrected chi connectivity index (χ4v) is 1.44. The molecule has 0 aliphatic carbocycles. The molecule has 102 valence electrons. The average Bonchev–Trinajstić information content (AvgIpc) is 2.45. The Bertz CT molecular complexity index is 458. The van der Waals surface area contributed by atoms with Crippen LogP contribution >= 0.6 is 0 Å². The summed E-state index contributed by atoms with van der Waals surface area (Å²) in [7, 11) is 1.57. The first-order valence-corrected chi connectivity index (χ1v) is 5.95. The Kier molecular flexibility index (Phi) is 6.32. The van der Waals surface area contributed by atoms with Gasteiger partial charge < -0.3 is 15.4 Å². The summed E-state index contributed by atoms with van der Waals surface area (Å²) in [6, 6.07) is 6.55. The molecular weight excluding hydrogens is 244 g/mol. The molecule has 0 unspecified atom stereocenters. The van der Waals surface area contributed by atoms with E-state index in [2.05, 4.69) is 17.2 Å². The van der Waals surface area contributed by atoms with Gasteiger partial charge in [0, 0.05) is 31.3 Å². The minimum Gasteiger partial charge on any atom is -0.383 e. The summed E-state index contributed by atoms with van der Waals surface area (Å²) < 4.78 is 4.85. The number of benzene rings is 1. The van der Waals surface area contributed by atoms with Crippen molar-refractivity contribution in [1.82, 2.24) is 10.6 Å². The van der Waals surface area contributed by atoms with Crippen LogP contribution in [0.4, 0.5) is 0 Å². The zero-order chi connectivity index (χ0) is 14.1.